The normalized spacial score (nSPS) is 12.3. The number of nitrogens with two attached hydrogens (primary N) is 1. The number of benzene rings is 2. The standard InChI is InChI=1S/C13H13NO4/c1-18-10-4-2-3-8-7(10)5-6-9(12(8)15)11(14)13(16)17/h2-6,11,15H,14H2,1H3,(H,16,17). The van der Waals surface area contributed by atoms with E-state index in [0.29, 0.717) is 16.5 Å². The van der Waals surface area contributed by atoms with Crippen molar-refractivity contribution in [3.63, 3.8) is 0 Å². The minimum absolute atomic E-state index is 0.124. The number of hydrogen-bond acceptors (Lipinski definition) is 4. The van der Waals surface area contributed by atoms with Crippen molar-refractivity contribution >= 4 is 16.7 Å². The number of carbonyl (C=O) groups is 1. The molecule has 0 aromatic heterocycles. The molecule has 0 spiro atoms. The summed E-state index contributed by atoms with van der Waals surface area (Å²) in [5.74, 6) is -0.702. The molecule has 5 nitrogen and oxygen atoms in total. The number of phenolic OH excluding ortho intramolecular Hbond substituents is 1. The van der Waals surface area contributed by atoms with Crippen molar-refractivity contribution in [1.82, 2.24) is 0 Å². The maximum Gasteiger partial charge on any atom is 0.325 e. The van der Waals surface area contributed by atoms with Crippen molar-refractivity contribution in [2.45, 2.75) is 6.04 Å². The van der Waals surface area contributed by atoms with E-state index in [-0.39, 0.29) is 11.3 Å². The molecule has 0 amide bonds. The van der Waals surface area contributed by atoms with E-state index in [2.05, 4.69) is 0 Å². The van der Waals surface area contributed by atoms with Crippen LogP contribution in [0.4, 0.5) is 0 Å². The minimum atomic E-state index is -1.25. The first-order valence-corrected chi connectivity index (χ1v) is 5.33. The van der Waals surface area contributed by atoms with Crippen LogP contribution in [-0.4, -0.2) is 23.3 Å². The highest BCUT2D eigenvalue weighted by molar-refractivity contribution is 5.95. The average molecular weight is 247 g/mol. The maximum atomic E-state index is 10.9. The molecule has 0 heterocycles. The van der Waals surface area contributed by atoms with Gasteiger partial charge in [0.2, 0.25) is 0 Å². The summed E-state index contributed by atoms with van der Waals surface area (Å²) >= 11 is 0. The number of carboxylic acids is 1. The van der Waals surface area contributed by atoms with E-state index in [1.54, 1.807) is 24.3 Å². The lowest BCUT2D eigenvalue weighted by molar-refractivity contribution is -0.138. The van der Waals surface area contributed by atoms with Gasteiger partial charge in [-0.15, -0.1) is 0 Å². The van der Waals surface area contributed by atoms with Gasteiger partial charge in [-0.25, -0.2) is 0 Å². The van der Waals surface area contributed by atoms with E-state index in [4.69, 9.17) is 15.6 Å². The van der Waals surface area contributed by atoms with Crippen LogP contribution in [0, 0.1) is 0 Å². The third kappa shape index (κ3) is 1.84. The van der Waals surface area contributed by atoms with Crippen LogP contribution in [0.1, 0.15) is 11.6 Å². The number of methoxy groups -OCH3 is 1. The summed E-state index contributed by atoms with van der Waals surface area (Å²) in [5.41, 5.74) is 5.69. The zero-order chi connectivity index (χ0) is 13.3. The Kier molecular flexibility index (Phi) is 3.08. The number of ether oxygens (including phenoxy) is 1. The first-order chi connectivity index (χ1) is 8.56. The Balaban J connectivity index is 2.69. The van der Waals surface area contributed by atoms with Gasteiger partial charge < -0.3 is 20.7 Å². The Hall–Kier alpha value is -2.27. The highest BCUT2D eigenvalue weighted by atomic mass is 16.5. The van der Waals surface area contributed by atoms with Gasteiger partial charge in [0, 0.05) is 16.3 Å². The van der Waals surface area contributed by atoms with Gasteiger partial charge in [0.05, 0.1) is 7.11 Å². The summed E-state index contributed by atoms with van der Waals surface area (Å²) in [7, 11) is 1.53. The van der Waals surface area contributed by atoms with Gasteiger partial charge >= 0.3 is 5.97 Å². The zero-order valence-corrected chi connectivity index (χ0v) is 9.75. The Morgan fingerprint density at radius 1 is 1.28 bits per heavy atom. The van der Waals surface area contributed by atoms with Gasteiger partial charge in [-0.3, -0.25) is 4.79 Å². The number of aromatic hydroxyl groups is 1. The SMILES string of the molecule is COc1cccc2c(O)c(C(N)C(=O)O)ccc12. The van der Waals surface area contributed by atoms with Crippen LogP contribution in [-0.2, 0) is 4.79 Å². The summed E-state index contributed by atoms with van der Waals surface area (Å²) in [5, 5.41) is 20.2. The van der Waals surface area contributed by atoms with E-state index in [0.717, 1.165) is 0 Å². The van der Waals surface area contributed by atoms with Crippen LogP contribution >= 0.6 is 0 Å². The minimum Gasteiger partial charge on any atom is -0.507 e. The lowest BCUT2D eigenvalue weighted by Crippen LogP contribution is -2.20. The molecule has 4 N–H and O–H groups in total. The third-order valence-corrected chi connectivity index (χ3v) is 2.85. The lowest BCUT2D eigenvalue weighted by Gasteiger charge is -2.13. The van der Waals surface area contributed by atoms with Crippen LogP contribution in [0.5, 0.6) is 11.5 Å². The molecular weight excluding hydrogens is 234 g/mol. The number of hydrogen-bond donors (Lipinski definition) is 3. The molecule has 0 saturated heterocycles. The number of rotatable bonds is 3. The summed E-state index contributed by atoms with van der Waals surface area (Å²) in [6.07, 6.45) is 0. The molecule has 2 rings (SSSR count). The molecule has 2 aromatic rings. The van der Waals surface area contributed by atoms with E-state index >= 15 is 0 Å². The van der Waals surface area contributed by atoms with Gasteiger partial charge in [-0.05, 0) is 6.07 Å². The van der Waals surface area contributed by atoms with Crippen molar-refractivity contribution in [2.75, 3.05) is 7.11 Å². The highest BCUT2D eigenvalue weighted by Gasteiger charge is 2.20. The van der Waals surface area contributed by atoms with Crippen molar-refractivity contribution in [1.29, 1.82) is 0 Å². The Bertz CT molecular complexity index is 609. The highest BCUT2D eigenvalue weighted by Crippen LogP contribution is 2.36. The Labute approximate surface area is 103 Å². The predicted octanol–water partition coefficient (Wildman–Crippen LogP) is 1.64. The van der Waals surface area contributed by atoms with E-state index in [1.165, 1.54) is 13.2 Å². The number of carboxylic acid groups (broad SMARTS) is 1. The monoisotopic (exact) mass is 247 g/mol. The molecule has 0 radical (unpaired) electrons. The van der Waals surface area contributed by atoms with Crippen LogP contribution in [0.15, 0.2) is 30.3 Å². The van der Waals surface area contributed by atoms with E-state index < -0.39 is 12.0 Å². The van der Waals surface area contributed by atoms with Gasteiger partial charge in [0.25, 0.3) is 0 Å². The zero-order valence-electron chi connectivity index (χ0n) is 9.75. The summed E-state index contributed by atoms with van der Waals surface area (Å²) in [6.45, 7) is 0. The van der Waals surface area contributed by atoms with Crippen LogP contribution in [0.3, 0.4) is 0 Å². The fraction of sp³-hybridized carbons (Fsp3) is 0.154. The molecule has 1 atom stereocenters. The first kappa shape index (κ1) is 12.2. The number of fused-ring (bicyclic) bond motifs is 1. The quantitative estimate of drug-likeness (QED) is 0.766. The largest absolute Gasteiger partial charge is 0.507 e. The van der Waals surface area contributed by atoms with Crippen molar-refractivity contribution < 1.29 is 19.7 Å². The van der Waals surface area contributed by atoms with E-state index in [1.807, 2.05) is 0 Å². The fourth-order valence-corrected chi connectivity index (χ4v) is 1.89. The topological polar surface area (TPSA) is 92.8 Å². The maximum absolute atomic E-state index is 10.9. The summed E-state index contributed by atoms with van der Waals surface area (Å²) in [4.78, 5) is 10.9. The Morgan fingerprint density at radius 2 is 2.00 bits per heavy atom. The molecule has 0 fully saturated rings. The molecule has 0 saturated carbocycles. The second-order valence-electron chi connectivity index (χ2n) is 3.87. The van der Waals surface area contributed by atoms with Gasteiger partial charge in [0.15, 0.2) is 0 Å². The third-order valence-electron chi connectivity index (χ3n) is 2.85. The first-order valence-electron chi connectivity index (χ1n) is 5.33. The molecule has 0 bridgehead atoms. The van der Waals surface area contributed by atoms with Crippen LogP contribution < -0.4 is 10.5 Å². The lowest BCUT2D eigenvalue weighted by atomic mass is 10.00. The second kappa shape index (κ2) is 4.54. The van der Waals surface area contributed by atoms with Crippen LogP contribution in [0.25, 0.3) is 10.8 Å². The molecule has 94 valence electrons. The Morgan fingerprint density at radius 3 is 2.61 bits per heavy atom. The van der Waals surface area contributed by atoms with Crippen molar-refractivity contribution in [2.24, 2.45) is 5.73 Å². The molecule has 5 heteroatoms. The molecule has 0 aliphatic heterocycles. The summed E-state index contributed by atoms with van der Waals surface area (Å²) < 4.78 is 5.17. The van der Waals surface area contributed by atoms with Crippen molar-refractivity contribution in [3.05, 3.63) is 35.9 Å². The number of phenols is 1. The van der Waals surface area contributed by atoms with E-state index in [9.17, 15) is 9.90 Å². The summed E-state index contributed by atoms with van der Waals surface area (Å²) in [6, 6.07) is 7.10. The molecule has 0 aliphatic rings. The molecular formula is C13H13NO4. The van der Waals surface area contributed by atoms with Gasteiger partial charge in [0.1, 0.15) is 17.5 Å². The second-order valence-corrected chi connectivity index (χ2v) is 3.87. The average Bonchev–Trinajstić information content (AvgIpc) is 2.38. The van der Waals surface area contributed by atoms with Gasteiger partial charge in [-0.2, -0.15) is 0 Å². The van der Waals surface area contributed by atoms with Crippen molar-refractivity contribution in [3.8, 4) is 11.5 Å². The fourth-order valence-electron chi connectivity index (χ4n) is 1.89. The predicted molar refractivity (Wildman–Crippen MR) is 66.7 cm³/mol. The van der Waals surface area contributed by atoms with Gasteiger partial charge in [-0.1, -0.05) is 24.3 Å². The molecule has 18 heavy (non-hydrogen) atoms. The van der Waals surface area contributed by atoms with Crippen LogP contribution in [0.2, 0.25) is 0 Å². The molecule has 0 aliphatic carbocycles. The molecule has 2 aromatic carbocycles. The smallest absolute Gasteiger partial charge is 0.325 e. The number of aliphatic carboxylic acids is 1. The molecule has 1 unspecified atom stereocenters.